The zero-order valence-corrected chi connectivity index (χ0v) is 15.6. The number of amides is 2. The number of nitrogens with zero attached hydrogens (tertiary/aromatic N) is 1. The van der Waals surface area contributed by atoms with Gasteiger partial charge in [-0.2, -0.15) is 0 Å². The molecule has 0 fully saturated rings. The second-order valence-corrected chi connectivity index (χ2v) is 6.24. The number of halogens is 1. The molecular formula is C21H20FNO5. The average Bonchev–Trinajstić information content (AvgIpc) is 2.79. The Morgan fingerprint density at radius 2 is 1.93 bits per heavy atom. The lowest BCUT2D eigenvalue weighted by Crippen LogP contribution is -2.45. The van der Waals surface area contributed by atoms with Crippen LogP contribution in [0.3, 0.4) is 0 Å². The number of carbonyl (C=O) groups excluding carboxylic acids is 3. The summed E-state index contributed by atoms with van der Waals surface area (Å²) in [5.41, 5.74) is 0.179. The summed E-state index contributed by atoms with van der Waals surface area (Å²) in [6.07, 6.45) is -0.561. The second kappa shape index (κ2) is 8.21. The van der Waals surface area contributed by atoms with Gasteiger partial charge in [0.25, 0.3) is 11.8 Å². The van der Waals surface area contributed by atoms with E-state index >= 15 is 0 Å². The van der Waals surface area contributed by atoms with Crippen LogP contribution in [0, 0.1) is 5.82 Å². The Labute approximate surface area is 161 Å². The standard InChI is InChI=1S/C21H20FNO5/c1-3-17-21(26)23(20(25)14-7-5-6-8-19(14)28-17)12-16(24)15-11-13(22)9-10-18(15)27-4-2/h5-11,17H,3-4,12H2,1-2H3. The van der Waals surface area contributed by atoms with Crippen LogP contribution < -0.4 is 9.47 Å². The van der Waals surface area contributed by atoms with Crippen molar-refractivity contribution in [3.05, 3.63) is 59.4 Å². The van der Waals surface area contributed by atoms with Crippen LogP contribution in [-0.2, 0) is 4.79 Å². The number of para-hydroxylation sites is 1. The van der Waals surface area contributed by atoms with Gasteiger partial charge in [-0.05, 0) is 43.7 Å². The van der Waals surface area contributed by atoms with E-state index in [4.69, 9.17) is 9.47 Å². The van der Waals surface area contributed by atoms with Gasteiger partial charge < -0.3 is 9.47 Å². The van der Waals surface area contributed by atoms with E-state index in [-0.39, 0.29) is 23.5 Å². The third-order valence-corrected chi connectivity index (χ3v) is 4.39. The minimum atomic E-state index is -0.890. The summed E-state index contributed by atoms with van der Waals surface area (Å²) in [5, 5.41) is 0. The maximum atomic E-state index is 13.7. The van der Waals surface area contributed by atoms with Crippen molar-refractivity contribution >= 4 is 17.6 Å². The number of ketones is 1. The van der Waals surface area contributed by atoms with Crippen LogP contribution in [0.25, 0.3) is 0 Å². The molecule has 1 atom stereocenters. The van der Waals surface area contributed by atoms with Crippen LogP contribution in [0.1, 0.15) is 41.0 Å². The monoisotopic (exact) mass is 385 g/mol. The molecule has 2 aromatic rings. The summed E-state index contributed by atoms with van der Waals surface area (Å²) in [6.45, 7) is 3.24. The zero-order valence-electron chi connectivity index (χ0n) is 15.6. The molecule has 1 aliphatic heterocycles. The predicted molar refractivity (Wildman–Crippen MR) is 99.1 cm³/mol. The molecule has 0 spiro atoms. The van der Waals surface area contributed by atoms with Crippen LogP contribution in [0.2, 0.25) is 0 Å². The molecule has 7 heteroatoms. The zero-order chi connectivity index (χ0) is 20.3. The largest absolute Gasteiger partial charge is 0.493 e. The van der Waals surface area contributed by atoms with Crippen LogP contribution in [-0.4, -0.2) is 41.8 Å². The lowest BCUT2D eigenvalue weighted by atomic mass is 10.1. The van der Waals surface area contributed by atoms with Crippen molar-refractivity contribution in [1.29, 1.82) is 0 Å². The molecule has 3 rings (SSSR count). The van der Waals surface area contributed by atoms with Gasteiger partial charge in [-0.25, -0.2) is 4.39 Å². The van der Waals surface area contributed by atoms with Crippen LogP contribution in [0.4, 0.5) is 4.39 Å². The van der Waals surface area contributed by atoms with Gasteiger partial charge in [0, 0.05) is 0 Å². The average molecular weight is 385 g/mol. The predicted octanol–water partition coefficient (Wildman–Crippen LogP) is 3.25. The molecule has 0 saturated heterocycles. The molecule has 1 aliphatic rings. The molecule has 0 saturated carbocycles. The van der Waals surface area contributed by atoms with Crippen molar-refractivity contribution in [2.45, 2.75) is 26.4 Å². The van der Waals surface area contributed by atoms with Crippen molar-refractivity contribution in [3.63, 3.8) is 0 Å². The van der Waals surface area contributed by atoms with Gasteiger partial charge in [0.2, 0.25) is 0 Å². The molecule has 2 amide bonds. The fourth-order valence-corrected chi connectivity index (χ4v) is 3.01. The first-order valence-corrected chi connectivity index (χ1v) is 9.03. The van der Waals surface area contributed by atoms with Crippen molar-refractivity contribution < 1.29 is 28.2 Å². The molecule has 6 nitrogen and oxygen atoms in total. The highest BCUT2D eigenvalue weighted by Gasteiger charge is 2.37. The van der Waals surface area contributed by atoms with Gasteiger partial charge in [0.15, 0.2) is 11.9 Å². The molecule has 1 heterocycles. The van der Waals surface area contributed by atoms with E-state index in [1.54, 1.807) is 32.0 Å². The summed E-state index contributed by atoms with van der Waals surface area (Å²) in [7, 11) is 0. The minimum absolute atomic E-state index is 0.0195. The number of hydrogen-bond donors (Lipinski definition) is 0. The van der Waals surface area contributed by atoms with Crippen molar-refractivity contribution in [2.24, 2.45) is 0 Å². The van der Waals surface area contributed by atoms with E-state index in [2.05, 4.69) is 0 Å². The maximum Gasteiger partial charge on any atom is 0.270 e. The Bertz CT molecular complexity index is 927. The van der Waals surface area contributed by atoms with Crippen LogP contribution >= 0.6 is 0 Å². The van der Waals surface area contributed by atoms with E-state index in [9.17, 15) is 18.8 Å². The van der Waals surface area contributed by atoms with Crippen molar-refractivity contribution in [1.82, 2.24) is 4.90 Å². The molecule has 0 radical (unpaired) electrons. The first-order valence-electron chi connectivity index (χ1n) is 9.03. The third-order valence-electron chi connectivity index (χ3n) is 4.39. The van der Waals surface area contributed by atoms with E-state index in [1.807, 2.05) is 0 Å². The Morgan fingerprint density at radius 3 is 2.64 bits per heavy atom. The van der Waals surface area contributed by atoms with E-state index in [0.29, 0.717) is 12.2 Å². The summed E-state index contributed by atoms with van der Waals surface area (Å²) in [6, 6.07) is 10.1. The summed E-state index contributed by atoms with van der Waals surface area (Å²) in [4.78, 5) is 39.4. The fourth-order valence-electron chi connectivity index (χ4n) is 3.01. The van der Waals surface area contributed by atoms with Gasteiger partial charge in [0.05, 0.1) is 24.3 Å². The smallest absolute Gasteiger partial charge is 0.270 e. The SMILES string of the molecule is CCOc1ccc(F)cc1C(=O)CN1C(=O)c2ccccc2OC(CC)C1=O. The highest BCUT2D eigenvalue weighted by atomic mass is 19.1. The highest BCUT2D eigenvalue weighted by molar-refractivity contribution is 6.12. The van der Waals surface area contributed by atoms with E-state index in [1.165, 1.54) is 18.2 Å². The van der Waals surface area contributed by atoms with Gasteiger partial charge in [-0.15, -0.1) is 0 Å². The number of ether oxygens (including phenoxy) is 2. The molecule has 1 unspecified atom stereocenters. The van der Waals surface area contributed by atoms with Gasteiger partial charge in [-0.1, -0.05) is 19.1 Å². The third kappa shape index (κ3) is 3.74. The molecule has 0 N–H and O–H groups in total. The van der Waals surface area contributed by atoms with Crippen LogP contribution in [0.15, 0.2) is 42.5 Å². The topological polar surface area (TPSA) is 72.9 Å². The molecule has 146 valence electrons. The lowest BCUT2D eigenvalue weighted by Gasteiger charge is -2.21. The number of imide groups is 1. The lowest BCUT2D eigenvalue weighted by molar-refractivity contribution is -0.135. The molecule has 0 aromatic heterocycles. The van der Waals surface area contributed by atoms with Crippen LogP contribution in [0.5, 0.6) is 11.5 Å². The molecule has 0 bridgehead atoms. The second-order valence-electron chi connectivity index (χ2n) is 6.24. The summed E-state index contributed by atoms with van der Waals surface area (Å²) in [5.74, 6) is -1.94. The number of hydrogen-bond acceptors (Lipinski definition) is 5. The summed E-state index contributed by atoms with van der Waals surface area (Å²) >= 11 is 0. The summed E-state index contributed by atoms with van der Waals surface area (Å²) < 4.78 is 24.7. The first kappa shape index (κ1) is 19.5. The minimum Gasteiger partial charge on any atom is -0.493 e. The molecule has 2 aromatic carbocycles. The first-order chi connectivity index (χ1) is 13.5. The Kier molecular flexibility index (Phi) is 5.73. The van der Waals surface area contributed by atoms with Gasteiger partial charge in [0.1, 0.15) is 17.3 Å². The Morgan fingerprint density at radius 1 is 1.18 bits per heavy atom. The van der Waals surface area contributed by atoms with E-state index < -0.39 is 36.1 Å². The number of benzene rings is 2. The molecular weight excluding hydrogens is 365 g/mol. The van der Waals surface area contributed by atoms with Crippen molar-refractivity contribution in [3.8, 4) is 11.5 Å². The maximum absolute atomic E-state index is 13.7. The normalized spacial score (nSPS) is 16.2. The quantitative estimate of drug-likeness (QED) is 0.564. The Hall–Kier alpha value is -3.22. The van der Waals surface area contributed by atoms with Gasteiger partial charge in [-0.3, -0.25) is 19.3 Å². The number of fused-ring (bicyclic) bond motifs is 1. The molecule has 28 heavy (non-hydrogen) atoms. The van der Waals surface area contributed by atoms with Crippen molar-refractivity contribution in [2.75, 3.05) is 13.2 Å². The number of Topliss-reactive ketones (excluding diaryl/α,β-unsaturated/α-hetero) is 1. The van der Waals surface area contributed by atoms with E-state index in [0.717, 1.165) is 11.0 Å². The molecule has 0 aliphatic carbocycles. The van der Waals surface area contributed by atoms with Gasteiger partial charge >= 0.3 is 0 Å². The highest BCUT2D eigenvalue weighted by Crippen LogP contribution is 2.27. The Balaban J connectivity index is 1.96. The number of rotatable bonds is 6. The fraction of sp³-hybridized carbons (Fsp3) is 0.286. The number of carbonyl (C=O) groups is 3.